The molecule has 0 aliphatic heterocycles. The van der Waals surface area contributed by atoms with E-state index in [9.17, 15) is 9.59 Å². The third-order valence-electron chi connectivity index (χ3n) is 2.08. The van der Waals surface area contributed by atoms with Crippen LogP contribution in [0.3, 0.4) is 0 Å². The summed E-state index contributed by atoms with van der Waals surface area (Å²) in [5, 5.41) is 8.93. The minimum absolute atomic E-state index is 0.0686. The number of hydrogen-bond acceptors (Lipinski definition) is 5. The van der Waals surface area contributed by atoms with E-state index in [1.165, 1.54) is 6.07 Å². The number of hydrogen-bond donors (Lipinski definition) is 2. The van der Waals surface area contributed by atoms with E-state index in [1.54, 1.807) is 12.1 Å². The van der Waals surface area contributed by atoms with Gasteiger partial charge in [-0.2, -0.15) is 0 Å². The van der Waals surface area contributed by atoms with Gasteiger partial charge in [0.25, 0.3) is 5.78 Å². The Morgan fingerprint density at radius 3 is 2.65 bits per heavy atom. The molecule has 0 saturated carbocycles. The first-order valence-electron chi connectivity index (χ1n) is 4.53. The van der Waals surface area contributed by atoms with Crippen LogP contribution in [-0.2, 0) is 14.3 Å². The second kappa shape index (κ2) is 5.60. The predicted molar refractivity (Wildman–Crippen MR) is 65.6 cm³/mol. The molecule has 1 aromatic rings. The molecule has 17 heavy (non-hydrogen) atoms. The first-order valence-corrected chi connectivity index (χ1v) is 5.32. The molecule has 1 rings (SSSR count). The van der Waals surface area contributed by atoms with Crippen molar-refractivity contribution in [2.45, 2.75) is 0 Å². The largest absolute Gasteiger partial charge is 0.463 e. The van der Waals surface area contributed by atoms with E-state index < -0.39 is 11.8 Å². The average Bonchev–Trinajstić information content (AvgIpc) is 2.35. The van der Waals surface area contributed by atoms with E-state index in [1.807, 2.05) is 5.48 Å². The lowest BCUT2D eigenvalue weighted by molar-refractivity contribution is -0.148. The van der Waals surface area contributed by atoms with Crippen LogP contribution in [0.1, 0.15) is 5.56 Å². The van der Waals surface area contributed by atoms with Gasteiger partial charge in [0.1, 0.15) is 0 Å². The van der Waals surface area contributed by atoms with Crippen molar-refractivity contribution in [1.29, 1.82) is 0 Å². The quantitative estimate of drug-likeness (QED) is 0.385. The number of rotatable bonds is 4. The van der Waals surface area contributed by atoms with Gasteiger partial charge in [-0.15, -0.1) is 0 Å². The predicted octanol–water partition coefficient (Wildman–Crippen LogP) is 2.01. The molecule has 0 bridgehead atoms. The van der Waals surface area contributed by atoms with Gasteiger partial charge < -0.3 is 4.74 Å². The monoisotopic (exact) mass is 299 g/mol. The highest BCUT2D eigenvalue weighted by Gasteiger charge is 2.22. The van der Waals surface area contributed by atoms with Gasteiger partial charge in [0.2, 0.25) is 0 Å². The van der Waals surface area contributed by atoms with E-state index in [2.05, 4.69) is 27.2 Å². The Kier molecular flexibility index (Phi) is 4.42. The van der Waals surface area contributed by atoms with E-state index >= 15 is 0 Å². The normalized spacial score (nSPS) is 9.59. The highest BCUT2D eigenvalue weighted by molar-refractivity contribution is 9.10. The van der Waals surface area contributed by atoms with Gasteiger partial charge in [-0.05, 0) is 12.1 Å². The summed E-state index contributed by atoms with van der Waals surface area (Å²) in [7, 11) is 1.11. The molecule has 0 amide bonds. The van der Waals surface area contributed by atoms with Crippen LogP contribution in [0.4, 0.5) is 5.69 Å². The summed E-state index contributed by atoms with van der Waals surface area (Å²) in [6.07, 6.45) is 0. The molecule has 5 nitrogen and oxygen atoms in total. The lowest BCUT2D eigenvalue weighted by atomic mass is 10.0. The van der Waals surface area contributed by atoms with Gasteiger partial charge in [-0.3, -0.25) is 15.5 Å². The van der Waals surface area contributed by atoms with Crippen LogP contribution in [0, 0.1) is 0 Å². The molecule has 1 aromatic carbocycles. The molecule has 0 atom stereocenters. The number of ether oxygens (including phenoxy) is 1. The fraction of sp³-hybridized carbons (Fsp3) is 0.0909. The summed E-state index contributed by atoms with van der Waals surface area (Å²) >= 11 is 3.21. The standard InChI is InChI=1S/C11H10BrNO4/c1-6(10(14)11(15)17-2)9-7(12)4-3-5-8(9)13-16/h3-5,13,16H,1H2,2H3. The van der Waals surface area contributed by atoms with Crippen molar-refractivity contribution < 1.29 is 19.5 Å². The SMILES string of the molecule is C=C(C(=O)C(=O)OC)c1c(Br)cccc1NO. The van der Waals surface area contributed by atoms with Gasteiger partial charge in [-0.1, -0.05) is 28.6 Å². The molecule has 6 heteroatoms. The van der Waals surface area contributed by atoms with Gasteiger partial charge in [0, 0.05) is 15.6 Å². The lowest BCUT2D eigenvalue weighted by Gasteiger charge is -2.11. The van der Waals surface area contributed by atoms with E-state index in [4.69, 9.17) is 5.21 Å². The number of esters is 1. The summed E-state index contributed by atoms with van der Waals surface area (Å²) in [5.74, 6) is -1.87. The van der Waals surface area contributed by atoms with Crippen molar-refractivity contribution in [2.75, 3.05) is 12.6 Å². The Morgan fingerprint density at radius 1 is 1.47 bits per heavy atom. The molecule has 90 valence electrons. The Bertz CT molecular complexity index is 484. The molecule has 0 saturated heterocycles. The lowest BCUT2D eigenvalue weighted by Crippen LogP contribution is -2.17. The van der Waals surface area contributed by atoms with E-state index in [0.717, 1.165) is 7.11 Å². The zero-order valence-electron chi connectivity index (χ0n) is 8.99. The van der Waals surface area contributed by atoms with Crippen molar-refractivity contribution in [2.24, 2.45) is 0 Å². The molecule has 0 aliphatic rings. The summed E-state index contributed by atoms with van der Waals surface area (Å²) in [4.78, 5) is 22.7. The fourth-order valence-corrected chi connectivity index (χ4v) is 1.86. The topological polar surface area (TPSA) is 75.6 Å². The van der Waals surface area contributed by atoms with Crippen LogP contribution in [0.15, 0.2) is 29.3 Å². The van der Waals surface area contributed by atoms with Crippen LogP contribution in [-0.4, -0.2) is 24.1 Å². The molecule has 0 radical (unpaired) electrons. The van der Waals surface area contributed by atoms with E-state index in [-0.39, 0.29) is 11.3 Å². The third kappa shape index (κ3) is 2.72. The van der Waals surface area contributed by atoms with Crippen molar-refractivity contribution in [3.63, 3.8) is 0 Å². The van der Waals surface area contributed by atoms with Gasteiger partial charge in [-0.25, -0.2) is 4.79 Å². The highest BCUT2D eigenvalue weighted by Crippen LogP contribution is 2.31. The van der Waals surface area contributed by atoms with Gasteiger partial charge in [0.15, 0.2) is 0 Å². The second-order valence-corrected chi connectivity index (χ2v) is 3.93. The van der Waals surface area contributed by atoms with Crippen molar-refractivity contribution in [3.05, 3.63) is 34.8 Å². The minimum atomic E-state index is -1.00. The second-order valence-electron chi connectivity index (χ2n) is 3.07. The Labute approximate surface area is 106 Å². The smallest absolute Gasteiger partial charge is 0.379 e. The summed E-state index contributed by atoms with van der Waals surface area (Å²) < 4.78 is 4.85. The van der Waals surface area contributed by atoms with Crippen molar-refractivity contribution in [3.8, 4) is 0 Å². The number of nitrogens with one attached hydrogen (secondary N) is 1. The molecule has 0 spiro atoms. The van der Waals surface area contributed by atoms with Crippen LogP contribution < -0.4 is 5.48 Å². The Balaban J connectivity index is 3.21. The van der Waals surface area contributed by atoms with Crippen LogP contribution in [0.25, 0.3) is 5.57 Å². The first kappa shape index (κ1) is 13.4. The number of anilines is 1. The maximum Gasteiger partial charge on any atom is 0.379 e. The first-order chi connectivity index (χ1) is 8.02. The number of methoxy groups -OCH3 is 1. The number of Topliss-reactive ketones (excluding diaryl/α,β-unsaturated/α-hetero) is 1. The molecule has 2 N–H and O–H groups in total. The van der Waals surface area contributed by atoms with Crippen LogP contribution in [0.2, 0.25) is 0 Å². The molecule has 0 heterocycles. The minimum Gasteiger partial charge on any atom is -0.463 e. The highest BCUT2D eigenvalue weighted by atomic mass is 79.9. The molecule has 0 aliphatic carbocycles. The number of halogens is 1. The molecular weight excluding hydrogens is 290 g/mol. The summed E-state index contributed by atoms with van der Waals surface area (Å²) in [5.41, 5.74) is 2.44. The molecule has 0 aromatic heterocycles. The Morgan fingerprint density at radius 2 is 2.12 bits per heavy atom. The maximum atomic E-state index is 11.6. The van der Waals surface area contributed by atoms with Gasteiger partial charge in [0.05, 0.1) is 12.8 Å². The zero-order chi connectivity index (χ0) is 13.0. The van der Waals surface area contributed by atoms with Crippen molar-refractivity contribution >= 4 is 38.9 Å². The van der Waals surface area contributed by atoms with Crippen LogP contribution >= 0.6 is 15.9 Å². The molecule has 0 fully saturated rings. The van der Waals surface area contributed by atoms with Crippen molar-refractivity contribution in [1.82, 2.24) is 0 Å². The number of benzene rings is 1. The zero-order valence-corrected chi connectivity index (χ0v) is 10.6. The maximum absolute atomic E-state index is 11.6. The molecule has 0 unspecified atom stereocenters. The number of ketones is 1. The number of carbonyl (C=O) groups excluding carboxylic acids is 2. The molecular formula is C11H10BrNO4. The van der Waals surface area contributed by atoms with Crippen LogP contribution in [0.5, 0.6) is 0 Å². The Hall–Kier alpha value is -1.66. The summed E-state index contributed by atoms with van der Waals surface area (Å²) in [6, 6.07) is 4.85. The fourth-order valence-electron chi connectivity index (χ4n) is 1.25. The number of carbonyl (C=O) groups is 2. The van der Waals surface area contributed by atoms with E-state index in [0.29, 0.717) is 10.0 Å². The third-order valence-corrected chi connectivity index (χ3v) is 2.74. The van der Waals surface area contributed by atoms with Gasteiger partial charge >= 0.3 is 5.97 Å². The average molecular weight is 300 g/mol. The summed E-state index contributed by atoms with van der Waals surface area (Å²) in [6.45, 7) is 3.53.